The molecule has 0 atom stereocenters. The van der Waals surface area contributed by atoms with Crippen LogP contribution < -0.4 is 0 Å². The summed E-state index contributed by atoms with van der Waals surface area (Å²) in [7, 11) is 0. The Labute approximate surface area is 135 Å². The molecule has 0 aliphatic rings. The van der Waals surface area contributed by atoms with E-state index in [9.17, 15) is 0 Å². The van der Waals surface area contributed by atoms with E-state index in [0.717, 1.165) is 0 Å². The Morgan fingerprint density at radius 2 is 0.389 bits per heavy atom. The van der Waals surface area contributed by atoms with Gasteiger partial charge in [0.05, 0.1) is 10.3 Å². The molecule has 0 amide bonds. The zero-order chi connectivity index (χ0) is 5.41. The molecule has 0 unspecified atom stereocenters. The van der Waals surface area contributed by atoms with Crippen LogP contribution in [0, 0.1) is 10.8 Å². The maximum absolute atomic E-state index is 5.77. The van der Waals surface area contributed by atoms with Gasteiger partial charge in [0, 0.05) is 0 Å². The van der Waals surface area contributed by atoms with Crippen LogP contribution in [0.3, 0.4) is 0 Å². The molecule has 0 saturated heterocycles. The van der Waals surface area contributed by atoms with Crippen molar-refractivity contribution in [3.8, 4) is 0 Å². The van der Waals surface area contributed by atoms with Crippen LogP contribution in [0.25, 0.3) is 0 Å². The smallest absolute Gasteiger partial charge is 0.0554 e. The first-order valence-corrected chi connectivity index (χ1v) is 1.72. The number of thiocarbonyl (C=S) groups is 2. The number of hydrogen-bond donors (Lipinski definition) is 2. The minimum absolute atomic E-state index is 0. The number of isothiocyanates is 2. The summed E-state index contributed by atoms with van der Waals surface area (Å²) in [6, 6.07) is 0. The fraction of sp³-hybridized carbons (Fsp3) is 0.857. The molecule has 0 heterocycles. The van der Waals surface area contributed by atoms with E-state index in [0.29, 0.717) is 0 Å². The van der Waals surface area contributed by atoms with Crippen LogP contribution in [0.4, 0.5) is 0 Å². The standard InChI is InChI=1S/2CHNS.12CH4/c2*2-1-3;;;;;;;;;;;;/h2*2H;12*1H4. The summed E-state index contributed by atoms with van der Waals surface area (Å²) in [5.74, 6) is 0. The highest BCUT2D eigenvalue weighted by Gasteiger charge is 0.978. The lowest BCUT2D eigenvalue weighted by molar-refractivity contribution is 1.61. The van der Waals surface area contributed by atoms with E-state index < -0.39 is 0 Å². The molecule has 0 spiro atoms. The quantitative estimate of drug-likeness (QED) is 0.346. The molecule has 128 valence electrons. The average Bonchev–Trinajstić information content (AvgIpc) is 1.39. The van der Waals surface area contributed by atoms with Gasteiger partial charge >= 0.3 is 0 Å². The first kappa shape index (κ1) is 374. The van der Waals surface area contributed by atoms with Crippen molar-refractivity contribution in [3.63, 3.8) is 0 Å². The summed E-state index contributed by atoms with van der Waals surface area (Å²) in [4.78, 5) is 0. The predicted octanol–water partition coefficient (Wildman–Crippen LogP) is 8.97. The van der Waals surface area contributed by atoms with Crippen molar-refractivity contribution in [1.82, 2.24) is 0 Å². The lowest BCUT2D eigenvalue weighted by atomic mass is 11.8. The number of hydrogen-bond acceptors (Lipinski definition) is 4. The Hall–Kier alpha value is -0.400. The van der Waals surface area contributed by atoms with Crippen molar-refractivity contribution in [1.29, 1.82) is 10.8 Å². The molecule has 0 bridgehead atoms. The van der Waals surface area contributed by atoms with E-state index in [1.807, 2.05) is 0 Å². The molecule has 0 saturated carbocycles. The highest BCUT2D eigenvalue weighted by Crippen LogP contribution is 1.16. The van der Waals surface area contributed by atoms with Gasteiger partial charge in [0.2, 0.25) is 0 Å². The van der Waals surface area contributed by atoms with Crippen LogP contribution in [0.1, 0.15) is 89.1 Å². The van der Waals surface area contributed by atoms with Gasteiger partial charge in [-0.2, -0.15) is 0 Å². The molecule has 18 heavy (non-hydrogen) atoms. The Balaban J connectivity index is -0.000000000889. The number of rotatable bonds is 0. The van der Waals surface area contributed by atoms with Crippen molar-refractivity contribution in [2.45, 2.75) is 89.1 Å². The Morgan fingerprint density at radius 3 is 0.389 bits per heavy atom. The van der Waals surface area contributed by atoms with Crippen molar-refractivity contribution in [3.05, 3.63) is 0 Å². The third-order valence-corrected chi connectivity index (χ3v) is 0. The second-order valence-electron chi connectivity index (χ2n) is 0.204. The SMILES string of the molecule is C.C.C.C.C.C.C.C.C.C.C.C.N=C=S.N=C=S. The van der Waals surface area contributed by atoms with Crippen molar-refractivity contribution >= 4 is 34.8 Å². The van der Waals surface area contributed by atoms with E-state index in [4.69, 9.17) is 10.8 Å². The van der Waals surface area contributed by atoms with Gasteiger partial charge in [0.1, 0.15) is 0 Å². The van der Waals surface area contributed by atoms with E-state index >= 15 is 0 Å². The van der Waals surface area contributed by atoms with Crippen molar-refractivity contribution in [2.24, 2.45) is 0 Å². The molecule has 0 aliphatic carbocycles. The first-order valence-electron chi connectivity index (χ1n) is 0.908. The largest absolute Gasteiger partial charge is 0.248 e. The number of nitrogens with one attached hydrogen (secondary N) is 2. The molecule has 2 N–H and O–H groups in total. The van der Waals surface area contributed by atoms with Gasteiger partial charge in [-0.3, -0.25) is 0 Å². The summed E-state index contributed by atoms with van der Waals surface area (Å²) in [6.45, 7) is 0. The van der Waals surface area contributed by atoms with Gasteiger partial charge in [-0.25, -0.2) is 10.8 Å². The summed E-state index contributed by atoms with van der Waals surface area (Å²) in [5.41, 5.74) is 0. The molecule has 0 radical (unpaired) electrons. The Morgan fingerprint density at radius 1 is 0.389 bits per heavy atom. The van der Waals surface area contributed by atoms with Gasteiger partial charge in [-0.05, 0) is 24.4 Å². The molecule has 0 aromatic rings. The zero-order valence-electron chi connectivity index (χ0n) is 2.82. The van der Waals surface area contributed by atoms with E-state index in [2.05, 4.69) is 24.4 Å². The Kier molecular flexibility index (Phi) is 32800. The molecule has 0 aliphatic heterocycles. The van der Waals surface area contributed by atoms with E-state index in [1.54, 1.807) is 10.3 Å². The lowest BCUT2D eigenvalue weighted by Gasteiger charge is -1.05. The maximum atomic E-state index is 5.77. The maximum Gasteiger partial charge on any atom is 0.0554 e. The molecule has 0 aromatic carbocycles. The average molecular weight is 311 g/mol. The molecule has 0 aromatic heterocycles. The van der Waals surface area contributed by atoms with E-state index in [-0.39, 0.29) is 89.1 Å². The van der Waals surface area contributed by atoms with Gasteiger partial charge in [0.25, 0.3) is 0 Å². The first-order chi connectivity index (χ1) is 2.83. The van der Waals surface area contributed by atoms with Crippen LogP contribution in [0.5, 0.6) is 0 Å². The van der Waals surface area contributed by atoms with Crippen LogP contribution >= 0.6 is 24.4 Å². The van der Waals surface area contributed by atoms with Crippen molar-refractivity contribution in [2.75, 3.05) is 0 Å². The van der Waals surface area contributed by atoms with Gasteiger partial charge in [-0.15, -0.1) is 0 Å². The van der Waals surface area contributed by atoms with Crippen molar-refractivity contribution < 1.29 is 0 Å². The second-order valence-corrected chi connectivity index (χ2v) is 0.612. The molecular weight excluding hydrogens is 260 g/mol. The van der Waals surface area contributed by atoms with Gasteiger partial charge in [-0.1, -0.05) is 89.1 Å². The summed E-state index contributed by atoms with van der Waals surface area (Å²) in [6.07, 6.45) is 0. The highest BCUT2D eigenvalue weighted by atomic mass is 32.1. The van der Waals surface area contributed by atoms with Gasteiger partial charge < -0.3 is 0 Å². The van der Waals surface area contributed by atoms with Gasteiger partial charge in [0.15, 0.2) is 0 Å². The summed E-state index contributed by atoms with van der Waals surface area (Å²) in [5, 5.41) is 14.7. The summed E-state index contributed by atoms with van der Waals surface area (Å²) < 4.78 is 0. The second kappa shape index (κ2) is 1580. The summed E-state index contributed by atoms with van der Waals surface area (Å²) >= 11 is 7.62. The normalized spacial score (nSPS) is 0.889. The Bertz CT molecular complexity index is 71.8. The fourth-order valence-electron chi connectivity index (χ4n) is 0. The third kappa shape index (κ3) is 20800. The molecular formula is C14H50N2S2. The third-order valence-electron chi connectivity index (χ3n) is 0. The molecule has 4 heteroatoms. The predicted molar refractivity (Wildman–Crippen MR) is 111 cm³/mol. The molecule has 0 fully saturated rings. The van der Waals surface area contributed by atoms with E-state index in [1.165, 1.54) is 0 Å². The van der Waals surface area contributed by atoms with Crippen LogP contribution in [-0.4, -0.2) is 10.3 Å². The topological polar surface area (TPSA) is 47.7 Å². The van der Waals surface area contributed by atoms with Crippen LogP contribution in [0.15, 0.2) is 0 Å². The minimum Gasteiger partial charge on any atom is -0.248 e. The zero-order valence-corrected chi connectivity index (χ0v) is 4.45. The monoisotopic (exact) mass is 310 g/mol. The van der Waals surface area contributed by atoms with Crippen LogP contribution in [0.2, 0.25) is 0 Å². The lowest BCUT2D eigenvalue weighted by Crippen LogP contribution is -1.03. The minimum atomic E-state index is 0. The molecule has 2 nitrogen and oxygen atoms in total. The highest BCUT2D eigenvalue weighted by molar-refractivity contribution is 7.78. The van der Waals surface area contributed by atoms with Crippen LogP contribution in [-0.2, 0) is 0 Å². The molecule has 0 rings (SSSR count). The fourth-order valence-corrected chi connectivity index (χ4v) is 0.